The minimum absolute atomic E-state index is 0.0145. The summed E-state index contributed by atoms with van der Waals surface area (Å²) in [7, 11) is 2.10. The van der Waals surface area contributed by atoms with E-state index in [1.807, 2.05) is 24.3 Å². The molecule has 0 bridgehead atoms. The van der Waals surface area contributed by atoms with Crippen molar-refractivity contribution < 1.29 is 17.7 Å². The van der Waals surface area contributed by atoms with Crippen LogP contribution in [-0.2, 0) is 18.9 Å². The van der Waals surface area contributed by atoms with Crippen LogP contribution in [0.4, 0.5) is 13.2 Å². The molecule has 0 N–H and O–H groups in total. The molecule has 2 nitrogen and oxygen atoms in total. The number of rotatable bonds is 4. The summed E-state index contributed by atoms with van der Waals surface area (Å²) in [5.74, 6) is 0. The summed E-state index contributed by atoms with van der Waals surface area (Å²) in [4.78, 5) is 5.04. The molecule has 0 saturated heterocycles. The zero-order valence-corrected chi connectivity index (χ0v) is 25.8. The van der Waals surface area contributed by atoms with Crippen molar-refractivity contribution in [2.45, 2.75) is 59.6 Å². The zero-order valence-electron chi connectivity index (χ0n) is 23.5. The van der Waals surface area contributed by atoms with Gasteiger partial charge >= 0.3 is 239 Å². The van der Waals surface area contributed by atoms with Crippen LogP contribution in [0.1, 0.15) is 51.3 Å². The normalized spacial score (nSPS) is 13.0. The molecule has 5 aromatic rings. The SMILES string of the molecule is Cc1c(-c2c3[te]c(-c4ccc(CC(C)(C)C(F)(F)F)cc4)nc3cc[n+]2C)cc(C(C)(C)C)c2ccccc12. The second kappa shape index (κ2) is 9.75. The van der Waals surface area contributed by atoms with Crippen LogP contribution >= 0.6 is 0 Å². The number of halogens is 3. The Morgan fingerprint density at radius 1 is 0.872 bits per heavy atom. The van der Waals surface area contributed by atoms with Gasteiger partial charge in [-0.3, -0.25) is 0 Å². The second-order valence-corrected chi connectivity index (χ2v) is 15.0. The first-order valence-electron chi connectivity index (χ1n) is 13.2. The van der Waals surface area contributed by atoms with Crippen molar-refractivity contribution in [3.63, 3.8) is 0 Å². The van der Waals surface area contributed by atoms with Crippen molar-refractivity contribution in [3.05, 3.63) is 83.6 Å². The Bertz CT molecular complexity index is 1690. The van der Waals surface area contributed by atoms with Crippen molar-refractivity contribution in [3.8, 4) is 20.5 Å². The quantitative estimate of drug-likeness (QED) is 0.142. The molecular formula is C33H34F3N2Te+. The standard InChI is InChI=1S/C33H34F3N2Te/c1-20-23-10-8-9-11-24(23)26(31(2,3)4)18-25(20)28-29-27(16-17-38(28)7)37-30(39-29)22-14-12-21(13-15-22)19-32(5,6)33(34,35)36/h8-18H,19H2,1-7H3/q+1. The van der Waals surface area contributed by atoms with E-state index in [-0.39, 0.29) is 11.8 Å². The Labute approximate surface area is 238 Å². The fourth-order valence-electron chi connectivity index (χ4n) is 5.23. The summed E-state index contributed by atoms with van der Waals surface area (Å²) < 4.78 is 44.8. The molecule has 6 heteroatoms. The van der Waals surface area contributed by atoms with Crippen LogP contribution in [0.15, 0.2) is 66.9 Å². The molecule has 2 aromatic heterocycles. The van der Waals surface area contributed by atoms with E-state index < -0.39 is 32.0 Å². The van der Waals surface area contributed by atoms with Crippen LogP contribution in [0.2, 0.25) is 0 Å². The molecule has 2 heterocycles. The number of aromatic nitrogens is 2. The van der Waals surface area contributed by atoms with Gasteiger partial charge in [0.15, 0.2) is 0 Å². The zero-order chi connectivity index (χ0) is 28.3. The Hall–Kier alpha value is -2.68. The number of hydrogen-bond donors (Lipinski definition) is 0. The first-order valence-corrected chi connectivity index (χ1v) is 15.5. The first kappa shape index (κ1) is 27.9. The molecule has 0 aliphatic carbocycles. The molecule has 0 fully saturated rings. The van der Waals surface area contributed by atoms with Gasteiger partial charge in [-0.15, -0.1) is 0 Å². The number of nitrogens with zero attached hydrogens (tertiary/aromatic N) is 2. The number of fused-ring (bicyclic) bond motifs is 2. The van der Waals surface area contributed by atoms with E-state index in [0.29, 0.717) is 5.56 Å². The molecule has 0 spiro atoms. The van der Waals surface area contributed by atoms with E-state index in [0.717, 1.165) is 14.8 Å². The van der Waals surface area contributed by atoms with E-state index in [1.54, 1.807) is 0 Å². The molecule has 0 saturated carbocycles. The Kier molecular flexibility index (Phi) is 6.97. The Morgan fingerprint density at radius 2 is 1.51 bits per heavy atom. The molecule has 0 atom stereocenters. The molecule has 5 rings (SSSR count). The van der Waals surface area contributed by atoms with E-state index >= 15 is 0 Å². The molecule has 39 heavy (non-hydrogen) atoms. The molecule has 202 valence electrons. The summed E-state index contributed by atoms with van der Waals surface area (Å²) >= 11 is -0.818. The molecule has 0 aliphatic heterocycles. The fourth-order valence-corrected chi connectivity index (χ4v) is 8.54. The van der Waals surface area contributed by atoms with Gasteiger partial charge in [-0.05, 0) is 0 Å². The van der Waals surface area contributed by atoms with E-state index in [1.165, 1.54) is 50.4 Å². The average molecular weight is 643 g/mol. The van der Waals surface area contributed by atoms with Gasteiger partial charge in [0.1, 0.15) is 0 Å². The number of pyridine rings is 1. The summed E-state index contributed by atoms with van der Waals surface area (Å²) in [5, 5.41) is 2.57. The van der Waals surface area contributed by atoms with Crippen LogP contribution in [0.25, 0.3) is 40.2 Å². The maximum atomic E-state index is 13.4. The third-order valence-corrected chi connectivity index (χ3v) is 10.9. The Balaban J connectivity index is 1.62. The third kappa shape index (κ3) is 5.14. The fraction of sp³-hybridized carbons (Fsp3) is 0.333. The predicted octanol–water partition coefficient (Wildman–Crippen LogP) is 8.34. The number of alkyl halides is 3. The van der Waals surface area contributed by atoms with Crippen molar-refractivity contribution >= 4 is 40.1 Å². The van der Waals surface area contributed by atoms with Gasteiger partial charge < -0.3 is 0 Å². The molecule has 0 amide bonds. The molecule has 3 aromatic carbocycles. The molecular weight excluding hydrogens is 609 g/mol. The van der Waals surface area contributed by atoms with E-state index in [2.05, 4.69) is 81.9 Å². The third-order valence-electron chi connectivity index (χ3n) is 7.67. The minimum atomic E-state index is -4.24. The molecule has 0 aliphatic rings. The van der Waals surface area contributed by atoms with Crippen LogP contribution in [0.3, 0.4) is 0 Å². The Morgan fingerprint density at radius 3 is 2.13 bits per heavy atom. The van der Waals surface area contributed by atoms with Crippen molar-refractivity contribution in [2.75, 3.05) is 0 Å². The average Bonchev–Trinajstić information content (AvgIpc) is 3.28. The van der Waals surface area contributed by atoms with Gasteiger partial charge in [0.25, 0.3) is 0 Å². The van der Waals surface area contributed by atoms with Crippen LogP contribution in [-0.4, -0.2) is 31.6 Å². The maximum absolute atomic E-state index is 13.4. The van der Waals surface area contributed by atoms with Gasteiger partial charge in [0, 0.05) is 0 Å². The van der Waals surface area contributed by atoms with Gasteiger partial charge in [-0.25, -0.2) is 0 Å². The molecule has 0 radical (unpaired) electrons. The van der Waals surface area contributed by atoms with Crippen molar-refractivity contribution in [1.82, 2.24) is 4.98 Å². The number of aryl methyl sites for hydroxylation is 2. The van der Waals surface area contributed by atoms with Gasteiger partial charge in [0.2, 0.25) is 0 Å². The monoisotopic (exact) mass is 645 g/mol. The first-order chi connectivity index (χ1) is 18.2. The number of hydrogen-bond acceptors (Lipinski definition) is 1. The summed E-state index contributed by atoms with van der Waals surface area (Å²) in [6.07, 6.45) is -2.20. The second-order valence-electron chi connectivity index (χ2n) is 12.2. The summed E-state index contributed by atoms with van der Waals surface area (Å²) in [6.45, 7) is 11.5. The van der Waals surface area contributed by atoms with Crippen molar-refractivity contribution in [1.29, 1.82) is 0 Å². The van der Waals surface area contributed by atoms with Crippen molar-refractivity contribution in [2.24, 2.45) is 12.5 Å². The van der Waals surface area contributed by atoms with Crippen LogP contribution in [0.5, 0.6) is 0 Å². The molecule has 0 unspecified atom stereocenters. The van der Waals surface area contributed by atoms with Gasteiger partial charge in [-0.2, -0.15) is 0 Å². The van der Waals surface area contributed by atoms with Crippen LogP contribution in [0, 0.1) is 12.3 Å². The van der Waals surface area contributed by atoms with Crippen LogP contribution < -0.4 is 4.57 Å². The van der Waals surface area contributed by atoms with E-state index in [9.17, 15) is 13.2 Å². The number of benzene rings is 3. The summed E-state index contributed by atoms with van der Waals surface area (Å²) in [6, 6.07) is 20.6. The topological polar surface area (TPSA) is 16.8 Å². The van der Waals surface area contributed by atoms with E-state index in [4.69, 9.17) is 4.98 Å². The van der Waals surface area contributed by atoms with Gasteiger partial charge in [-0.1, -0.05) is 0 Å². The summed E-state index contributed by atoms with van der Waals surface area (Å²) in [5.41, 5.74) is 5.96. The predicted molar refractivity (Wildman–Crippen MR) is 155 cm³/mol. The van der Waals surface area contributed by atoms with Gasteiger partial charge in [0.05, 0.1) is 0 Å².